The van der Waals surface area contributed by atoms with E-state index < -0.39 is 16.0 Å². The highest BCUT2D eigenvalue weighted by atomic mass is 32.2. The number of benzene rings is 2. The quantitative estimate of drug-likeness (QED) is 0.528. The maximum absolute atomic E-state index is 12.5. The van der Waals surface area contributed by atoms with Gasteiger partial charge in [0.1, 0.15) is 14.8 Å². The molecule has 0 aliphatic heterocycles. The number of aryl methyl sites for hydroxylation is 1. The molecular weight excluding hydrogens is 400 g/mol. The van der Waals surface area contributed by atoms with Crippen molar-refractivity contribution >= 4 is 44.4 Å². The Bertz CT molecular complexity index is 1110. The standard InChI is InChI=1S/C19H18N2O5S2/c1-12-11-17(27-18(12)19(22)23)28(24,25)21-14-9-7-13(8-10-14)20-15-5-3-4-6-16(15)26-2/h3-11,20-21H,1-2H3,(H,22,23). The van der Waals surface area contributed by atoms with E-state index in [1.165, 1.54) is 6.07 Å². The highest BCUT2D eigenvalue weighted by molar-refractivity contribution is 7.94. The molecule has 9 heteroatoms. The van der Waals surface area contributed by atoms with Gasteiger partial charge in [-0.05, 0) is 55.0 Å². The molecule has 0 amide bonds. The molecule has 0 saturated carbocycles. The van der Waals surface area contributed by atoms with Crippen molar-refractivity contribution in [2.75, 3.05) is 17.1 Å². The van der Waals surface area contributed by atoms with Crippen LogP contribution in [0.15, 0.2) is 58.8 Å². The molecule has 0 bridgehead atoms. The van der Waals surface area contributed by atoms with Crippen LogP contribution in [0, 0.1) is 6.92 Å². The van der Waals surface area contributed by atoms with Gasteiger partial charge in [0.25, 0.3) is 10.0 Å². The molecule has 0 spiro atoms. The third-order valence-corrected chi connectivity index (χ3v) is 6.96. The van der Waals surface area contributed by atoms with Crippen molar-refractivity contribution in [2.45, 2.75) is 11.1 Å². The van der Waals surface area contributed by atoms with E-state index in [1.54, 1.807) is 38.3 Å². The van der Waals surface area contributed by atoms with E-state index in [1.807, 2.05) is 24.3 Å². The molecule has 0 saturated heterocycles. The van der Waals surface area contributed by atoms with Gasteiger partial charge in [0.05, 0.1) is 12.8 Å². The summed E-state index contributed by atoms with van der Waals surface area (Å²) in [7, 11) is -2.28. The topological polar surface area (TPSA) is 105 Å². The molecule has 28 heavy (non-hydrogen) atoms. The Morgan fingerprint density at radius 1 is 1.07 bits per heavy atom. The summed E-state index contributed by atoms with van der Waals surface area (Å²) in [6.45, 7) is 1.57. The number of anilines is 3. The third-order valence-electron chi connectivity index (χ3n) is 3.88. The zero-order valence-corrected chi connectivity index (χ0v) is 16.7. The first-order valence-corrected chi connectivity index (χ1v) is 10.5. The molecule has 0 fully saturated rings. The number of rotatable bonds is 7. The van der Waals surface area contributed by atoms with Gasteiger partial charge >= 0.3 is 5.97 Å². The van der Waals surface area contributed by atoms with E-state index in [-0.39, 0.29) is 9.09 Å². The molecule has 0 aliphatic carbocycles. The molecule has 3 rings (SSSR count). The van der Waals surface area contributed by atoms with Crippen molar-refractivity contribution in [1.29, 1.82) is 0 Å². The monoisotopic (exact) mass is 418 g/mol. The maximum atomic E-state index is 12.5. The Kier molecular flexibility index (Phi) is 5.57. The van der Waals surface area contributed by atoms with Crippen LogP contribution in [0.2, 0.25) is 0 Å². The van der Waals surface area contributed by atoms with Gasteiger partial charge in [0.15, 0.2) is 0 Å². The number of hydrogen-bond donors (Lipinski definition) is 3. The van der Waals surface area contributed by atoms with E-state index in [0.717, 1.165) is 22.7 Å². The van der Waals surface area contributed by atoms with Crippen LogP contribution in [0.25, 0.3) is 0 Å². The maximum Gasteiger partial charge on any atom is 0.346 e. The van der Waals surface area contributed by atoms with Crippen LogP contribution in [-0.2, 0) is 10.0 Å². The van der Waals surface area contributed by atoms with Gasteiger partial charge in [0, 0.05) is 11.4 Å². The Balaban J connectivity index is 1.76. The predicted octanol–water partition coefficient (Wildman–Crippen LogP) is 4.31. The second kappa shape index (κ2) is 7.91. The van der Waals surface area contributed by atoms with E-state index in [0.29, 0.717) is 17.0 Å². The fraction of sp³-hybridized carbons (Fsp3) is 0.105. The molecule has 3 aromatic rings. The number of carboxylic acids is 1. The predicted molar refractivity (Wildman–Crippen MR) is 110 cm³/mol. The van der Waals surface area contributed by atoms with Gasteiger partial charge in [-0.15, -0.1) is 11.3 Å². The first kappa shape index (κ1) is 19.7. The lowest BCUT2D eigenvalue weighted by molar-refractivity contribution is 0.0701. The van der Waals surface area contributed by atoms with Crippen molar-refractivity contribution in [1.82, 2.24) is 0 Å². The van der Waals surface area contributed by atoms with Crippen molar-refractivity contribution in [2.24, 2.45) is 0 Å². The number of carbonyl (C=O) groups is 1. The molecule has 7 nitrogen and oxygen atoms in total. The zero-order chi connectivity index (χ0) is 20.3. The summed E-state index contributed by atoms with van der Waals surface area (Å²) in [6.07, 6.45) is 0. The van der Waals surface area contributed by atoms with Gasteiger partial charge < -0.3 is 15.2 Å². The molecular formula is C19H18N2O5S2. The van der Waals surface area contributed by atoms with Crippen molar-refractivity contribution in [3.05, 3.63) is 65.0 Å². The van der Waals surface area contributed by atoms with E-state index >= 15 is 0 Å². The smallest absolute Gasteiger partial charge is 0.346 e. The van der Waals surface area contributed by atoms with Gasteiger partial charge in [0.2, 0.25) is 0 Å². The summed E-state index contributed by atoms with van der Waals surface area (Å²) in [5.41, 5.74) is 2.32. The molecule has 1 aromatic heterocycles. The van der Waals surface area contributed by atoms with Crippen molar-refractivity contribution in [3.8, 4) is 5.75 Å². The van der Waals surface area contributed by atoms with E-state index in [4.69, 9.17) is 9.84 Å². The minimum absolute atomic E-state index is 0.0109. The number of thiophene rings is 1. The molecule has 0 radical (unpaired) electrons. The number of para-hydroxylation sites is 2. The number of methoxy groups -OCH3 is 1. The van der Waals surface area contributed by atoms with Crippen molar-refractivity contribution < 1.29 is 23.1 Å². The lowest BCUT2D eigenvalue weighted by Gasteiger charge is -2.12. The normalized spacial score (nSPS) is 11.1. The minimum atomic E-state index is -3.87. The van der Waals surface area contributed by atoms with Crippen molar-refractivity contribution in [3.63, 3.8) is 0 Å². The fourth-order valence-corrected chi connectivity index (χ4v) is 4.96. The summed E-state index contributed by atoms with van der Waals surface area (Å²) in [6, 6.07) is 15.5. The number of aromatic carboxylic acids is 1. The molecule has 0 unspecified atom stereocenters. The van der Waals surface area contributed by atoms with E-state index in [9.17, 15) is 13.2 Å². The molecule has 146 valence electrons. The van der Waals surface area contributed by atoms with Crippen LogP contribution >= 0.6 is 11.3 Å². The summed E-state index contributed by atoms with van der Waals surface area (Å²) in [5, 5.41) is 12.3. The van der Waals surface area contributed by atoms with Gasteiger partial charge in [-0.1, -0.05) is 12.1 Å². The fourth-order valence-electron chi connectivity index (χ4n) is 2.53. The van der Waals surface area contributed by atoms with Crippen LogP contribution in [0.4, 0.5) is 17.1 Å². The van der Waals surface area contributed by atoms with Gasteiger partial charge in [-0.3, -0.25) is 4.72 Å². The second-order valence-electron chi connectivity index (χ2n) is 5.89. The van der Waals surface area contributed by atoms with Crippen LogP contribution < -0.4 is 14.8 Å². The Morgan fingerprint density at radius 3 is 2.32 bits per heavy atom. The molecule has 3 N–H and O–H groups in total. The SMILES string of the molecule is COc1ccccc1Nc1ccc(NS(=O)(=O)c2cc(C)c(C(=O)O)s2)cc1. The summed E-state index contributed by atoms with van der Waals surface area (Å²) in [4.78, 5) is 11.1. The summed E-state index contributed by atoms with van der Waals surface area (Å²) < 4.78 is 32.8. The highest BCUT2D eigenvalue weighted by Crippen LogP contribution is 2.30. The Morgan fingerprint density at radius 2 is 1.71 bits per heavy atom. The summed E-state index contributed by atoms with van der Waals surface area (Å²) >= 11 is 0.727. The molecule has 0 aliphatic rings. The molecule has 2 aromatic carbocycles. The van der Waals surface area contributed by atoms with Crippen LogP contribution in [0.5, 0.6) is 5.75 Å². The number of sulfonamides is 1. The Labute approximate surface area is 166 Å². The zero-order valence-electron chi connectivity index (χ0n) is 15.1. The Hall–Kier alpha value is -3.04. The molecule has 0 atom stereocenters. The molecule has 1 heterocycles. The number of ether oxygens (including phenoxy) is 1. The lowest BCUT2D eigenvalue weighted by atomic mass is 10.2. The second-order valence-corrected chi connectivity index (χ2v) is 8.85. The van der Waals surface area contributed by atoms with Crippen LogP contribution in [0.3, 0.4) is 0 Å². The van der Waals surface area contributed by atoms with Crippen LogP contribution in [0.1, 0.15) is 15.2 Å². The largest absolute Gasteiger partial charge is 0.495 e. The number of hydrogen-bond acceptors (Lipinski definition) is 6. The third kappa shape index (κ3) is 4.26. The lowest BCUT2D eigenvalue weighted by Crippen LogP contribution is -2.11. The van der Waals surface area contributed by atoms with Crippen LogP contribution in [-0.4, -0.2) is 26.6 Å². The summed E-state index contributed by atoms with van der Waals surface area (Å²) in [5.74, 6) is -0.453. The van der Waals surface area contributed by atoms with E-state index in [2.05, 4.69) is 10.0 Å². The average molecular weight is 418 g/mol. The first-order valence-electron chi connectivity index (χ1n) is 8.17. The number of carboxylic acid groups (broad SMARTS) is 1. The first-order chi connectivity index (χ1) is 13.3. The van der Waals surface area contributed by atoms with Gasteiger partial charge in [-0.25, -0.2) is 13.2 Å². The minimum Gasteiger partial charge on any atom is -0.495 e. The highest BCUT2D eigenvalue weighted by Gasteiger charge is 2.21. The average Bonchev–Trinajstić information content (AvgIpc) is 3.07. The number of nitrogens with one attached hydrogen (secondary N) is 2. The van der Waals surface area contributed by atoms with Gasteiger partial charge in [-0.2, -0.15) is 0 Å².